The standard InChI is InChI=1S/C25H22N4O2/c1-2-6-24(30)28-20-11-14-23-22(15-20)25(27-17-26-23)29-19-9-12-21(13-10-19)31-16-18-7-4-3-5-8-18/h2-15,17H,16H2,1H3,(H,28,30)(H,26,27,29)/b6-2+. The zero-order chi connectivity index (χ0) is 21.5. The molecule has 0 aliphatic heterocycles. The van der Waals surface area contributed by atoms with Gasteiger partial charge >= 0.3 is 0 Å². The molecular weight excluding hydrogens is 388 g/mol. The number of allylic oxidation sites excluding steroid dienone is 1. The molecule has 0 radical (unpaired) electrons. The van der Waals surface area contributed by atoms with Gasteiger partial charge in [-0.3, -0.25) is 4.79 Å². The summed E-state index contributed by atoms with van der Waals surface area (Å²) in [5.74, 6) is 1.26. The summed E-state index contributed by atoms with van der Waals surface area (Å²) in [5, 5.41) is 6.97. The third kappa shape index (κ3) is 5.25. The molecule has 1 amide bonds. The lowest BCUT2D eigenvalue weighted by molar-refractivity contribution is -0.111. The van der Waals surface area contributed by atoms with E-state index >= 15 is 0 Å². The van der Waals surface area contributed by atoms with Gasteiger partial charge in [0, 0.05) is 16.8 Å². The minimum absolute atomic E-state index is 0.181. The monoisotopic (exact) mass is 410 g/mol. The molecular formula is C25H22N4O2. The van der Waals surface area contributed by atoms with Crippen molar-refractivity contribution in [3.05, 3.63) is 96.8 Å². The molecule has 6 nitrogen and oxygen atoms in total. The molecule has 31 heavy (non-hydrogen) atoms. The Morgan fingerprint density at radius 2 is 1.74 bits per heavy atom. The van der Waals surface area contributed by atoms with E-state index in [1.54, 1.807) is 13.0 Å². The Hall–Kier alpha value is -4.19. The molecule has 1 heterocycles. The van der Waals surface area contributed by atoms with Crippen LogP contribution in [0.4, 0.5) is 17.2 Å². The van der Waals surface area contributed by atoms with Gasteiger partial charge in [-0.25, -0.2) is 9.97 Å². The molecule has 0 aliphatic rings. The molecule has 2 N–H and O–H groups in total. The van der Waals surface area contributed by atoms with Crippen molar-refractivity contribution in [2.75, 3.05) is 10.6 Å². The van der Waals surface area contributed by atoms with Crippen LogP contribution in [-0.4, -0.2) is 15.9 Å². The molecule has 4 aromatic rings. The van der Waals surface area contributed by atoms with Gasteiger partial charge in [-0.2, -0.15) is 0 Å². The molecule has 0 saturated carbocycles. The lowest BCUT2D eigenvalue weighted by Gasteiger charge is -2.11. The molecule has 154 valence electrons. The highest BCUT2D eigenvalue weighted by molar-refractivity contribution is 6.01. The van der Waals surface area contributed by atoms with Gasteiger partial charge in [-0.1, -0.05) is 36.4 Å². The van der Waals surface area contributed by atoms with Crippen LogP contribution >= 0.6 is 0 Å². The molecule has 0 aliphatic carbocycles. The van der Waals surface area contributed by atoms with Gasteiger partial charge in [0.05, 0.1) is 5.52 Å². The Morgan fingerprint density at radius 3 is 2.52 bits per heavy atom. The number of anilines is 3. The predicted molar refractivity (Wildman–Crippen MR) is 123 cm³/mol. The van der Waals surface area contributed by atoms with E-state index in [0.29, 0.717) is 18.1 Å². The first-order valence-electron chi connectivity index (χ1n) is 9.93. The zero-order valence-electron chi connectivity index (χ0n) is 17.1. The van der Waals surface area contributed by atoms with E-state index in [0.717, 1.165) is 27.9 Å². The summed E-state index contributed by atoms with van der Waals surface area (Å²) in [5.41, 5.74) is 3.45. The third-order valence-corrected chi connectivity index (χ3v) is 4.59. The van der Waals surface area contributed by atoms with Crippen molar-refractivity contribution in [2.45, 2.75) is 13.5 Å². The summed E-state index contributed by atoms with van der Waals surface area (Å²) >= 11 is 0. The molecule has 4 rings (SSSR count). The lowest BCUT2D eigenvalue weighted by atomic mass is 10.2. The first kappa shape index (κ1) is 20.1. The number of carbonyl (C=O) groups is 1. The second kappa shape index (κ2) is 9.54. The van der Waals surface area contributed by atoms with Crippen molar-refractivity contribution < 1.29 is 9.53 Å². The normalized spacial score (nSPS) is 10.9. The lowest BCUT2D eigenvalue weighted by Crippen LogP contribution is -2.07. The summed E-state index contributed by atoms with van der Waals surface area (Å²) in [6.07, 6.45) is 4.69. The van der Waals surface area contributed by atoms with Gasteiger partial charge < -0.3 is 15.4 Å². The number of hydrogen-bond donors (Lipinski definition) is 2. The van der Waals surface area contributed by atoms with Gasteiger partial charge in [0.1, 0.15) is 24.5 Å². The molecule has 0 atom stereocenters. The van der Waals surface area contributed by atoms with E-state index in [2.05, 4.69) is 20.6 Å². The van der Waals surface area contributed by atoms with E-state index < -0.39 is 0 Å². The van der Waals surface area contributed by atoms with Crippen molar-refractivity contribution in [1.82, 2.24) is 9.97 Å². The quantitative estimate of drug-likeness (QED) is 0.395. The van der Waals surface area contributed by atoms with Crippen LogP contribution in [0.5, 0.6) is 5.75 Å². The maximum Gasteiger partial charge on any atom is 0.248 e. The van der Waals surface area contributed by atoms with Gasteiger partial charge in [-0.15, -0.1) is 0 Å². The van der Waals surface area contributed by atoms with Crippen molar-refractivity contribution in [1.29, 1.82) is 0 Å². The topological polar surface area (TPSA) is 76.1 Å². The van der Waals surface area contributed by atoms with E-state index in [4.69, 9.17) is 4.74 Å². The van der Waals surface area contributed by atoms with Crippen molar-refractivity contribution in [3.8, 4) is 5.75 Å². The first-order valence-corrected chi connectivity index (χ1v) is 9.93. The van der Waals surface area contributed by atoms with Crippen LogP contribution in [0.1, 0.15) is 12.5 Å². The molecule has 3 aromatic carbocycles. The molecule has 6 heteroatoms. The molecule has 0 bridgehead atoms. The van der Waals surface area contributed by atoms with Crippen LogP contribution in [0.2, 0.25) is 0 Å². The van der Waals surface area contributed by atoms with Crippen LogP contribution in [-0.2, 0) is 11.4 Å². The number of ether oxygens (including phenoxy) is 1. The van der Waals surface area contributed by atoms with Crippen LogP contribution < -0.4 is 15.4 Å². The molecule has 0 saturated heterocycles. The summed E-state index contributed by atoms with van der Waals surface area (Å²) < 4.78 is 5.84. The van der Waals surface area contributed by atoms with Crippen molar-refractivity contribution in [2.24, 2.45) is 0 Å². The predicted octanol–water partition coefficient (Wildman–Crippen LogP) is 5.47. The highest BCUT2D eigenvalue weighted by Gasteiger charge is 2.07. The molecule has 0 unspecified atom stereocenters. The summed E-state index contributed by atoms with van der Waals surface area (Å²) in [6, 6.07) is 23.3. The highest BCUT2D eigenvalue weighted by atomic mass is 16.5. The minimum atomic E-state index is -0.181. The third-order valence-electron chi connectivity index (χ3n) is 4.59. The fourth-order valence-corrected chi connectivity index (χ4v) is 3.08. The number of amides is 1. The number of carbonyl (C=O) groups excluding carboxylic acids is 1. The second-order valence-electron chi connectivity index (χ2n) is 6.87. The number of benzene rings is 3. The van der Waals surface area contributed by atoms with Gasteiger partial charge in [-0.05, 0) is 61.0 Å². The largest absolute Gasteiger partial charge is 0.489 e. The van der Waals surface area contributed by atoms with Crippen LogP contribution in [0, 0.1) is 0 Å². The molecule has 0 spiro atoms. The Balaban J connectivity index is 1.49. The number of nitrogens with one attached hydrogen (secondary N) is 2. The van der Waals surface area contributed by atoms with Gasteiger partial charge in [0.2, 0.25) is 5.91 Å². The van der Waals surface area contributed by atoms with Gasteiger partial charge in [0.15, 0.2) is 0 Å². The maximum absolute atomic E-state index is 11.8. The summed E-state index contributed by atoms with van der Waals surface area (Å²) in [7, 11) is 0. The van der Waals surface area contributed by atoms with E-state index in [9.17, 15) is 4.79 Å². The number of fused-ring (bicyclic) bond motifs is 1. The fraction of sp³-hybridized carbons (Fsp3) is 0.0800. The van der Waals surface area contributed by atoms with E-state index in [1.807, 2.05) is 72.8 Å². The summed E-state index contributed by atoms with van der Waals surface area (Å²) in [6.45, 7) is 2.32. The number of aromatic nitrogens is 2. The van der Waals surface area contributed by atoms with E-state index in [1.165, 1.54) is 12.4 Å². The Morgan fingerprint density at radius 1 is 0.968 bits per heavy atom. The van der Waals surface area contributed by atoms with Gasteiger partial charge in [0.25, 0.3) is 0 Å². The Bertz CT molecular complexity index is 1210. The number of hydrogen-bond acceptors (Lipinski definition) is 5. The maximum atomic E-state index is 11.8. The van der Waals surface area contributed by atoms with Crippen molar-refractivity contribution in [3.63, 3.8) is 0 Å². The second-order valence-corrected chi connectivity index (χ2v) is 6.87. The summed E-state index contributed by atoms with van der Waals surface area (Å²) in [4.78, 5) is 20.5. The average molecular weight is 410 g/mol. The smallest absolute Gasteiger partial charge is 0.248 e. The number of rotatable bonds is 7. The first-order chi connectivity index (χ1) is 15.2. The SMILES string of the molecule is C/C=C/C(=O)Nc1ccc2ncnc(Nc3ccc(OCc4ccccc4)cc3)c2c1. The highest BCUT2D eigenvalue weighted by Crippen LogP contribution is 2.27. The Labute approximate surface area is 180 Å². The minimum Gasteiger partial charge on any atom is -0.489 e. The Kier molecular flexibility index (Phi) is 6.18. The number of nitrogens with zero attached hydrogens (tertiary/aromatic N) is 2. The molecule has 1 aromatic heterocycles. The average Bonchev–Trinajstić information content (AvgIpc) is 2.80. The fourth-order valence-electron chi connectivity index (χ4n) is 3.08. The van der Waals surface area contributed by atoms with Crippen molar-refractivity contribution >= 4 is 34.0 Å². The van der Waals surface area contributed by atoms with Crippen LogP contribution in [0.15, 0.2) is 91.3 Å². The van der Waals surface area contributed by atoms with Crippen LogP contribution in [0.3, 0.4) is 0 Å². The van der Waals surface area contributed by atoms with Crippen LogP contribution in [0.25, 0.3) is 10.9 Å². The molecule has 0 fully saturated rings. The zero-order valence-corrected chi connectivity index (χ0v) is 17.1. The van der Waals surface area contributed by atoms with E-state index in [-0.39, 0.29) is 5.91 Å².